The van der Waals surface area contributed by atoms with Crippen LogP contribution in [0, 0.1) is 6.92 Å². The third-order valence-corrected chi connectivity index (χ3v) is 3.14. The molecule has 0 saturated heterocycles. The molecule has 0 radical (unpaired) electrons. The van der Waals surface area contributed by atoms with Gasteiger partial charge in [0.05, 0.1) is 10.5 Å². The zero-order valence-electron chi connectivity index (χ0n) is 9.89. The Labute approximate surface area is 110 Å². The van der Waals surface area contributed by atoms with Crippen molar-refractivity contribution in [3.05, 3.63) is 59.2 Å². The third-order valence-electron chi connectivity index (χ3n) is 2.84. The molecule has 0 N–H and O–H groups in total. The average molecular weight is 255 g/mol. The maximum absolute atomic E-state index is 6.16. The Kier molecular flexibility index (Phi) is 2.73. The minimum Gasteiger partial charge on any atom is -0.236 e. The highest BCUT2D eigenvalue weighted by Gasteiger charge is 2.05. The Morgan fingerprint density at radius 2 is 1.89 bits per heavy atom. The van der Waals surface area contributed by atoms with E-state index < -0.39 is 0 Å². The lowest BCUT2D eigenvalue weighted by Gasteiger charge is -2.04. The minimum absolute atomic E-state index is 0.656. The van der Waals surface area contributed by atoms with Crippen LogP contribution in [-0.2, 0) is 0 Å². The molecule has 0 atom stereocenters. The van der Waals surface area contributed by atoms with Gasteiger partial charge in [-0.05, 0) is 19.1 Å². The van der Waals surface area contributed by atoms with Crippen molar-refractivity contribution in [3.63, 3.8) is 0 Å². The molecule has 0 aliphatic heterocycles. The number of hydrogen-bond acceptors (Lipinski definition) is 2. The lowest BCUT2D eigenvalue weighted by atomic mass is 10.1. The second-order valence-electron chi connectivity index (χ2n) is 4.24. The van der Waals surface area contributed by atoms with E-state index in [1.54, 1.807) is 0 Å². The second-order valence-corrected chi connectivity index (χ2v) is 4.65. The second kappa shape index (κ2) is 4.39. The van der Waals surface area contributed by atoms with Crippen molar-refractivity contribution in [3.8, 4) is 11.4 Å². The predicted octanol–water partition coefficient (Wildman–Crippen LogP) is 4.26. The van der Waals surface area contributed by atoms with Gasteiger partial charge in [-0.25, -0.2) is 9.97 Å². The van der Waals surface area contributed by atoms with Gasteiger partial charge in [0, 0.05) is 17.1 Å². The quantitative estimate of drug-likeness (QED) is 0.648. The van der Waals surface area contributed by atoms with Gasteiger partial charge in [0.1, 0.15) is 0 Å². The molecule has 0 aliphatic carbocycles. The Morgan fingerprint density at radius 3 is 2.72 bits per heavy atom. The van der Waals surface area contributed by atoms with E-state index in [0.29, 0.717) is 10.8 Å². The van der Waals surface area contributed by atoms with E-state index in [9.17, 15) is 0 Å². The molecule has 0 bridgehead atoms. The van der Waals surface area contributed by atoms with Crippen LogP contribution in [0.1, 0.15) is 5.56 Å². The maximum Gasteiger partial charge on any atom is 0.159 e. The zero-order chi connectivity index (χ0) is 12.5. The van der Waals surface area contributed by atoms with Gasteiger partial charge in [-0.2, -0.15) is 0 Å². The Hall–Kier alpha value is -1.93. The molecule has 18 heavy (non-hydrogen) atoms. The number of para-hydroxylation sites is 1. The van der Waals surface area contributed by atoms with Crippen LogP contribution in [0.5, 0.6) is 0 Å². The molecule has 0 fully saturated rings. The van der Waals surface area contributed by atoms with Crippen LogP contribution >= 0.6 is 11.6 Å². The molecule has 1 heterocycles. The van der Waals surface area contributed by atoms with Crippen LogP contribution in [0.4, 0.5) is 0 Å². The van der Waals surface area contributed by atoms with Crippen LogP contribution in [0.2, 0.25) is 5.02 Å². The maximum atomic E-state index is 6.16. The van der Waals surface area contributed by atoms with Crippen LogP contribution < -0.4 is 0 Å². The van der Waals surface area contributed by atoms with Gasteiger partial charge in [0.25, 0.3) is 0 Å². The number of fused-ring (bicyclic) bond motifs is 1. The first-order chi connectivity index (χ1) is 8.74. The molecule has 0 aliphatic rings. The van der Waals surface area contributed by atoms with E-state index >= 15 is 0 Å². The van der Waals surface area contributed by atoms with Gasteiger partial charge in [0.2, 0.25) is 0 Å². The van der Waals surface area contributed by atoms with Gasteiger partial charge in [-0.3, -0.25) is 0 Å². The smallest absolute Gasteiger partial charge is 0.159 e. The van der Waals surface area contributed by atoms with Gasteiger partial charge in [-0.15, -0.1) is 0 Å². The molecule has 3 aromatic rings. The lowest BCUT2D eigenvalue weighted by molar-refractivity contribution is 1.22. The number of hydrogen-bond donors (Lipinski definition) is 0. The topological polar surface area (TPSA) is 25.8 Å². The van der Waals surface area contributed by atoms with Crippen molar-refractivity contribution >= 4 is 22.5 Å². The molecule has 0 unspecified atom stereocenters. The Morgan fingerprint density at radius 1 is 1.06 bits per heavy atom. The number of halogens is 1. The number of nitrogens with zero attached hydrogens (tertiary/aromatic N) is 2. The summed E-state index contributed by atoms with van der Waals surface area (Å²) in [6.45, 7) is 2.05. The van der Waals surface area contributed by atoms with E-state index in [4.69, 9.17) is 11.6 Å². The minimum atomic E-state index is 0.656. The summed E-state index contributed by atoms with van der Waals surface area (Å²) >= 11 is 6.16. The molecule has 3 heteroatoms. The largest absolute Gasteiger partial charge is 0.236 e. The van der Waals surface area contributed by atoms with Gasteiger partial charge in [0.15, 0.2) is 5.82 Å². The molecule has 0 spiro atoms. The summed E-state index contributed by atoms with van der Waals surface area (Å²) in [4.78, 5) is 8.93. The van der Waals surface area contributed by atoms with Crippen molar-refractivity contribution in [2.24, 2.45) is 0 Å². The first-order valence-electron chi connectivity index (χ1n) is 5.72. The first-order valence-corrected chi connectivity index (χ1v) is 6.10. The summed E-state index contributed by atoms with van der Waals surface area (Å²) < 4.78 is 0. The predicted molar refractivity (Wildman–Crippen MR) is 74.7 cm³/mol. The van der Waals surface area contributed by atoms with Gasteiger partial charge in [-0.1, -0.05) is 47.5 Å². The molecular formula is C15H11ClN2. The molecule has 3 rings (SSSR count). The molecular weight excluding hydrogens is 244 g/mol. The summed E-state index contributed by atoms with van der Waals surface area (Å²) in [5, 5.41) is 1.61. The third kappa shape index (κ3) is 1.95. The normalized spacial score (nSPS) is 10.8. The van der Waals surface area contributed by atoms with E-state index in [1.165, 1.54) is 5.56 Å². The Bertz CT molecular complexity index is 723. The molecule has 88 valence electrons. The number of rotatable bonds is 1. The van der Waals surface area contributed by atoms with Crippen LogP contribution in [0.25, 0.3) is 22.3 Å². The first kappa shape index (κ1) is 11.2. The highest BCUT2D eigenvalue weighted by molar-refractivity contribution is 6.35. The molecule has 2 aromatic carbocycles. The van der Waals surface area contributed by atoms with Crippen molar-refractivity contribution < 1.29 is 0 Å². The fourth-order valence-corrected chi connectivity index (χ4v) is 2.17. The molecule has 2 nitrogen and oxygen atoms in total. The Balaban J connectivity index is 2.22. The molecule has 0 amide bonds. The van der Waals surface area contributed by atoms with Crippen LogP contribution in [-0.4, -0.2) is 9.97 Å². The zero-order valence-corrected chi connectivity index (χ0v) is 10.6. The highest BCUT2D eigenvalue weighted by Crippen LogP contribution is 2.24. The SMILES string of the molecule is Cc1cccc(-c2ncc3cccc(Cl)c3n2)c1. The number of benzene rings is 2. The highest BCUT2D eigenvalue weighted by atomic mass is 35.5. The summed E-state index contributed by atoms with van der Waals surface area (Å²) in [7, 11) is 0. The van der Waals surface area contributed by atoms with Crippen LogP contribution in [0.3, 0.4) is 0 Å². The van der Waals surface area contributed by atoms with Crippen molar-refractivity contribution in [1.29, 1.82) is 0 Å². The lowest BCUT2D eigenvalue weighted by Crippen LogP contribution is -1.90. The van der Waals surface area contributed by atoms with Crippen LogP contribution in [0.15, 0.2) is 48.7 Å². The van der Waals surface area contributed by atoms with Gasteiger partial charge < -0.3 is 0 Å². The fourth-order valence-electron chi connectivity index (χ4n) is 1.94. The van der Waals surface area contributed by atoms with Gasteiger partial charge >= 0.3 is 0 Å². The summed E-state index contributed by atoms with van der Waals surface area (Å²) in [6, 6.07) is 13.8. The average Bonchev–Trinajstić information content (AvgIpc) is 2.39. The van der Waals surface area contributed by atoms with Crippen molar-refractivity contribution in [1.82, 2.24) is 9.97 Å². The van der Waals surface area contributed by atoms with Crippen molar-refractivity contribution in [2.75, 3.05) is 0 Å². The van der Waals surface area contributed by atoms with E-state index in [2.05, 4.69) is 29.0 Å². The van der Waals surface area contributed by atoms with E-state index in [-0.39, 0.29) is 0 Å². The van der Waals surface area contributed by atoms with E-state index in [1.807, 2.05) is 36.5 Å². The number of aryl methyl sites for hydroxylation is 1. The summed E-state index contributed by atoms with van der Waals surface area (Å²) in [5.74, 6) is 0.708. The summed E-state index contributed by atoms with van der Waals surface area (Å²) in [6.07, 6.45) is 1.81. The van der Waals surface area contributed by atoms with Crippen molar-refractivity contribution in [2.45, 2.75) is 6.92 Å². The summed E-state index contributed by atoms with van der Waals surface area (Å²) in [5.41, 5.74) is 3.00. The monoisotopic (exact) mass is 254 g/mol. The van der Waals surface area contributed by atoms with E-state index in [0.717, 1.165) is 16.5 Å². The molecule has 1 aromatic heterocycles. The number of aromatic nitrogens is 2. The molecule has 0 saturated carbocycles. The standard InChI is InChI=1S/C15H11ClN2/c1-10-4-2-5-11(8-10)15-17-9-12-6-3-7-13(16)14(12)18-15/h2-9H,1H3. The fraction of sp³-hybridized carbons (Fsp3) is 0.0667.